The molecule has 1 aliphatic carbocycles. The van der Waals surface area contributed by atoms with Crippen molar-refractivity contribution in [1.29, 1.82) is 0 Å². The first-order chi connectivity index (χ1) is 13.2. The number of amides is 1. The van der Waals surface area contributed by atoms with Crippen molar-refractivity contribution in [1.82, 2.24) is 0 Å². The van der Waals surface area contributed by atoms with Crippen LogP contribution in [-0.4, -0.2) is 24.2 Å². The molecule has 1 heterocycles. The zero-order valence-electron chi connectivity index (χ0n) is 15.3. The molecule has 0 saturated heterocycles. The number of aliphatic hydroxyl groups excluding tert-OH is 1. The van der Waals surface area contributed by atoms with Gasteiger partial charge < -0.3 is 15.2 Å². The predicted octanol–water partition coefficient (Wildman–Crippen LogP) is 3.88. The monoisotopic (exact) mass is 381 g/mol. The van der Waals surface area contributed by atoms with Gasteiger partial charge in [0, 0.05) is 23.1 Å². The Labute approximate surface area is 163 Å². The summed E-state index contributed by atoms with van der Waals surface area (Å²) in [5.74, 6) is 3.53. The standard InChI is InChI=1S/C22H23NO3S/c1-3-17-18-11-9-15(14-24)13-20(18)27-22(17)23-21(25)12-10-16-7-5-6-8-19(16)26-4-2/h1,5-8,10,12,15,24H,4,9,11,13-14H2,2H3,(H,23,25)/b12-10+. The van der Waals surface area contributed by atoms with E-state index in [0.717, 1.165) is 41.7 Å². The molecule has 1 unspecified atom stereocenters. The van der Waals surface area contributed by atoms with Crippen molar-refractivity contribution in [3.63, 3.8) is 0 Å². The van der Waals surface area contributed by atoms with Crippen LogP contribution in [0.4, 0.5) is 5.00 Å². The number of hydrogen-bond acceptors (Lipinski definition) is 4. The maximum Gasteiger partial charge on any atom is 0.249 e. The van der Waals surface area contributed by atoms with Crippen LogP contribution in [-0.2, 0) is 17.6 Å². The van der Waals surface area contributed by atoms with Crippen LogP contribution in [0.5, 0.6) is 5.75 Å². The first-order valence-corrected chi connectivity index (χ1v) is 9.90. The highest BCUT2D eigenvalue weighted by Gasteiger charge is 2.25. The summed E-state index contributed by atoms with van der Waals surface area (Å²) in [7, 11) is 0. The SMILES string of the molecule is C#Cc1c(NC(=O)/C=C/c2ccccc2OCC)sc2c1CCC(CO)C2. The number of carbonyl (C=O) groups excluding carboxylic acids is 1. The quantitative estimate of drug-likeness (QED) is 0.590. The van der Waals surface area contributed by atoms with Crippen molar-refractivity contribution in [2.45, 2.75) is 26.2 Å². The summed E-state index contributed by atoms with van der Waals surface area (Å²) in [5, 5.41) is 13.0. The highest BCUT2D eigenvalue weighted by Crippen LogP contribution is 2.39. The van der Waals surface area contributed by atoms with Gasteiger partial charge in [-0.05, 0) is 49.8 Å². The Morgan fingerprint density at radius 2 is 2.30 bits per heavy atom. The van der Waals surface area contributed by atoms with E-state index >= 15 is 0 Å². The van der Waals surface area contributed by atoms with Crippen molar-refractivity contribution >= 4 is 28.3 Å². The molecule has 0 fully saturated rings. The summed E-state index contributed by atoms with van der Waals surface area (Å²) in [6.07, 6.45) is 11.5. The molecule has 3 rings (SSSR count). The van der Waals surface area contributed by atoms with E-state index in [1.165, 1.54) is 22.3 Å². The third-order valence-electron chi connectivity index (χ3n) is 4.64. The number of terminal acetylenes is 1. The maximum atomic E-state index is 12.4. The fraction of sp³-hybridized carbons (Fsp3) is 0.318. The average Bonchev–Trinajstić information content (AvgIpc) is 3.03. The van der Waals surface area contributed by atoms with Crippen LogP contribution in [0.2, 0.25) is 0 Å². The number of anilines is 1. The van der Waals surface area contributed by atoms with Crippen molar-refractivity contribution < 1.29 is 14.6 Å². The molecule has 5 heteroatoms. The second-order valence-corrected chi connectivity index (χ2v) is 7.54. The molecule has 27 heavy (non-hydrogen) atoms. The molecule has 1 atom stereocenters. The van der Waals surface area contributed by atoms with Crippen LogP contribution in [0.25, 0.3) is 6.08 Å². The number of aliphatic hydroxyl groups is 1. The van der Waals surface area contributed by atoms with E-state index in [1.54, 1.807) is 6.08 Å². The zero-order chi connectivity index (χ0) is 19.2. The fourth-order valence-electron chi connectivity index (χ4n) is 3.28. The highest BCUT2D eigenvalue weighted by atomic mass is 32.1. The number of para-hydroxylation sites is 1. The zero-order valence-corrected chi connectivity index (χ0v) is 16.1. The molecule has 1 aliphatic rings. The van der Waals surface area contributed by atoms with Gasteiger partial charge in [0.1, 0.15) is 10.8 Å². The molecular formula is C22H23NO3S. The topological polar surface area (TPSA) is 58.6 Å². The molecule has 2 aromatic rings. The van der Waals surface area contributed by atoms with Crippen LogP contribution >= 0.6 is 11.3 Å². The number of hydrogen-bond donors (Lipinski definition) is 2. The van der Waals surface area contributed by atoms with Gasteiger partial charge in [0.15, 0.2) is 0 Å². The average molecular weight is 381 g/mol. The molecule has 1 aromatic carbocycles. The summed E-state index contributed by atoms with van der Waals surface area (Å²) < 4.78 is 5.57. The third-order valence-corrected chi connectivity index (χ3v) is 5.81. The minimum atomic E-state index is -0.227. The second-order valence-electron chi connectivity index (χ2n) is 6.44. The summed E-state index contributed by atoms with van der Waals surface area (Å²) in [4.78, 5) is 13.6. The first-order valence-electron chi connectivity index (χ1n) is 9.09. The van der Waals surface area contributed by atoms with Gasteiger partial charge in [0.05, 0.1) is 12.2 Å². The minimum absolute atomic E-state index is 0.187. The lowest BCUT2D eigenvalue weighted by Gasteiger charge is -2.19. The Balaban J connectivity index is 1.75. The molecule has 0 radical (unpaired) electrons. The van der Waals surface area contributed by atoms with E-state index in [0.29, 0.717) is 11.6 Å². The van der Waals surface area contributed by atoms with E-state index in [1.807, 2.05) is 31.2 Å². The Hall–Kier alpha value is -2.55. The van der Waals surface area contributed by atoms with Crippen LogP contribution in [0.3, 0.4) is 0 Å². The normalized spacial score (nSPS) is 16.0. The molecule has 140 valence electrons. The molecule has 2 N–H and O–H groups in total. The van der Waals surface area contributed by atoms with Crippen molar-refractivity contribution in [3.05, 3.63) is 51.9 Å². The molecule has 1 amide bonds. The molecular weight excluding hydrogens is 358 g/mol. The summed E-state index contributed by atoms with van der Waals surface area (Å²) in [6.45, 7) is 2.68. The Kier molecular flexibility index (Phi) is 6.33. The lowest BCUT2D eigenvalue weighted by atomic mass is 9.88. The second kappa shape index (κ2) is 8.90. The van der Waals surface area contributed by atoms with Gasteiger partial charge in [-0.2, -0.15) is 0 Å². The molecule has 4 nitrogen and oxygen atoms in total. The van der Waals surface area contributed by atoms with Gasteiger partial charge in [-0.3, -0.25) is 4.79 Å². The number of benzene rings is 1. The number of carbonyl (C=O) groups is 1. The molecule has 0 aliphatic heterocycles. The van der Waals surface area contributed by atoms with Gasteiger partial charge in [0.25, 0.3) is 0 Å². The van der Waals surface area contributed by atoms with E-state index in [9.17, 15) is 9.90 Å². The number of thiophene rings is 1. The van der Waals surface area contributed by atoms with Gasteiger partial charge in [0.2, 0.25) is 5.91 Å². The first kappa shape index (κ1) is 19.2. The molecule has 0 saturated carbocycles. The van der Waals surface area contributed by atoms with Gasteiger partial charge in [-0.1, -0.05) is 24.1 Å². The number of ether oxygens (including phenoxy) is 1. The Morgan fingerprint density at radius 1 is 1.48 bits per heavy atom. The predicted molar refractivity (Wildman–Crippen MR) is 110 cm³/mol. The van der Waals surface area contributed by atoms with Crippen LogP contribution < -0.4 is 10.1 Å². The summed E-state index contributed by atoms with van der Waals surface area (Å²) in [6, 6.07) is 7.59. The maximum absolute atomic E-state index is 12.4. The smallest absolute Gasteiger partial charge is 0.249 e. The Bertz CT molecular complexity index is 891. The minimum Gasteiger partial charge on any atom is -0.493 e. The molecule has 0 bridgehead atoms. The van der Waals surface area contributed by atoms with E-state index in [4.69, 9.17) is 11.2 Å². The summed E-state index contributed by atoms with van der Waals surface area (Å²) in [5.41, 5.74) is 2.78. The van der Waals surface area contributed by atoms with E-state index in [2.05, 4.69) is 11.2 Å². The van der Waals surface area contributed by atoms with E-state index in [-0.39, 0.29) is 18.4 Å². The van der Waals surface area contributed by atoms with Crippen LogP contribution in [0.1, 0.15) is 34.9 Å². The Morgan fingerprint density at radius 3 is 3.04 bits per heavy atom. The van der Waals surface area contributed by atoms with Crippen molar-refractivity contribution in [3.8, 4) is 18.1 Å². The van der Waals surface area contributed by atoms with Gasteiger partial charge in [-0.25, -0.2) is 0 Å². The molecule has 1 aromatic heterocycles. The van der Waals surface area contributed by atoms with Crippen molar-refractivity contribution in [2.75, 3.05) is 18.5 Å². The largest absolute Gasteiger partial charge is 0.493 e. The van der Waals surface area contributed by atoms with Crippen LogP contribution in [0, 0.1) is 18.3 Å². The van der Waals surface area contributed by atoms with Gasteiger partial charge >= 0.3 is 0 Å². The number of nitrogens with one attached hydrogen (secondary N) is 1. The van der Waals surface area contributed by atoms with Crippen molar-refractivity contribution in [2.24, 2.45) is 5.92 Å². The fourth-order valence-corrected chi connectivity index (χ4v) is 4.60. The third kappa shape index (κ3) is 4.41. The number of fused-ring (bicyclic) bond motifs is 1. The van der Waals surface area contributed by atoms with Gasteiger partial charge in [-0.15, -0.1) is 17.8 Å². The van der Waals surface area contributed by atoms with E-state index < -0.39 is 0 Å². The highest BCUT2D eigenvalue weighted by molar-refractivity contribution is 7.16. The van der Waals surface area contributed by atoms with Crippen LogP contribution in [0.15, 0.2) is 30.3 Å². The number of rotatable bonds is 6. The summed E-state index contributed by atoms with van der Waals surface area (Å²) >= 11 is 1.52. The lowest BCUT2D eigenvalue weighted by Crippen LogP contribution is -2.16. The molecule has 0 spiro atoms. The lowest BCUT2D eigenvalue weighted by molar-refractivity contribution is -0.111.